The zero-order chi connectivity index (χ0) is 10.0. The molecule has 14 heavy (non-hydrogen) atoms. The van der Waals surface area contributed by atoms with Gasteiger partial charge >= 0.3 is 0 Å². The van der Waals surface area contributed by atoms with Gasteiger partial charge in [0.15, 0.2) is 0 Å². The van der Waals surface area contributed by atoms with Crippen molar-refractivity contribution >= 4 is 11.6 Å². The Morgan fingerprint density at radius 1 is 0.714 bits per heavy atom. The Bertz CT molecular complexity index is 229. The second-order valence-corrected chi connectivity index (χ2v) is 4.70. The minimum atomic E-state index is -0.513. The summed E-state index contributed by atoms with van der Waals surface area (Å²) < 4.78 is 0. The third-order valence-electron chi connectivity index (χ3n) is 3.83. The molecule has 0 unspecified atom stereocenters. The summed E-state index contributed by atoms with van der Waals surface area (Å²) in [5.74, 6) is 0.499. The van der Waals surface area contributed by atoms with Crippen molar-refractivity contribution in [3.63, 3.8) is 0 Å². The lowest BCUT2D eigenvalue weighted by Gasteiger charge is -2.27. The zero-order valence-corrected chi connectivity index (χ0v) is 8.68. The van der Waals surface area contributed by atoms with Crippen LogP contribution in [0.4, 0.5) is 0 Å². The number of rotatable bonds is 0. The molecule has 2 aliphatic rings. The molecule has 0 N–H and O–H groups in total. The number of hydrogen-bond acceptors (Lipinski definition) is 2. The van der Waals surface area contributed by atoms with Crippen LogP contribution in [0.15, 0.2) is 0 Å². The van der Waals surface area contributed by atoms with E-state index in [4.69, 9.17) is 0 Å². The molecule has 0 heterocycles. The molecular formula is C12H18O2. The highest BCUT2D eigenvalue weighted by molar-refractivity contribution is 6.07. The molecule has 1 spiro atoms. The van der Waals surface area contributed by atoms with Crippen molar-refractivity contribution in [1.29, 1.82) is 0 Å². The lowest BCUT2D eigenvalue weighted by molar-refractivity contribution is -0.141. The van der Waals surface area contributed by atoms with Gasteiger partial charge in [-0.05, 0) is 25.7 Å². The van der Waals surface area contributed by atoms with E-state index < -0.39 is 5.41 Å². The minimum absolute atomic E-state index is 0.250. The fourth-order valence-corrected chi connectivity index (χ4v) is 2.92. The maximum atomic E-state index is 12.0. The van der Waals surface area contributed by atoms with Gasteiger partial charge in [-0.15, -0.1) is 0 Å². The topological polar surface area (TPSA) is 34.1 Å². The van der Waals surface area contributed by atoms with Gasteiger partial charge in [-0.3, -0.25) is 9.59 Å². The average Bonchev–Trinajstić information content (AvgIpc) is 2.65. The first-order chi connectivity index (χ1) is 6.76. The van der Waals surface area contributed by atoms with Crippen LogP contribution in [0.25, 0.3) is 0 Å². The van der Waals surface area contributed by atoms with Crippen molar-refractivity contribution in [3.8, 4) is 0 Å². The normalized spacial score (nSPS) is 27.7. The van der Waals surface area contributed by atoms with E-state index in [1.807, 2.05) is 0 Å². The third-order valence-corrected chi connectivity index (χ3v) is 3.83. The van der Waals surface area contributed by atoms with Crippen LogP contribution in [0.2, 0.25) is 0 Å². The van der Waals surface area contributed by atoms with Crippen molar-refractivity contribution in [2.45, 2.75) is 57.8 Å². The molecule has 2 rings (SSSR count). The molecule has 2 saturated carbocycles. The van der Waals surface area contributed by atoms with Gasteiger partial charge < -0.3 is 0 Å². The summed E-state index contributed by atoms with van der Waals surface area (Å²) in [6.45, 7) is 0. The van der Waals surface area contributed by atoms with E-state index in [9.17, 15) is 9.59 Å². The number of hydrogen-bond donors (Lipinski definition) is 0. The van der Waals surface area contributed by atoms with Crippen LogP contribution in [0, 0.1) is 5.41 Å². The maximum absolute atomic E-state index is 12.0. The summed E-state index contributed by atoms with van der Waals surface area (Å²) in [5.41, 5.74) is -0.513. The second-order valence-electron chi connectivity index (χ2n) is 4.70. The smallest absolute Gasteiger partial charge is 0.146 e. The van der Waals surface area contributed by atoms with Gasteiger partial charge in [0.2, 0.25) is 0 Å². The van der Waals surface area contributed by atoms with Gasteiger partial charge in [0.25, 0.3) is 0 Å². The largest absolute Gasteiger partial charge is 0.299 e. The first-order valence-corrected chi connectivity index (χ1v) is 5.82. The van der Waals surface area contributed by atoms with Crippen molar-refractivity contribution < 1.29 is 9.59 Å². The second kappa shape index (κ2) is 3.84. The van der Waals surface area contributed by atoms with Gasteiger partial charge in [-0.25, -0.2) is 0 Å². The lowest BCUT2D eigenvalue weighted by atomic mass is 9.73. The molecule has 0 bridgehead atoms. The summed E-state index contributed by atoms with van der Waals surface area (Å²) in [7, 11) is 0. The molecule has 0 radical (unpaired) electrons. The molecule has 2 heteroatoms. The average molecular weight is 194 g/mol. The van der Waals surface area contributed by atoms with Crippen LogP contribution in [0.1, 0.15) is 57.8 Å². The highest BCUT2D eigenvalue weighted by Crippen LogP contribution is 2.43. The Morgan fingerprint density at radius 3 is 1.71 bits per heavy atom. The molecular weight excluding hydrogens is 176 g/mol. The third kappa shape index (κ3) is 1.51. The maximum Gasteiger partial charge on any atom is 0.146 e. The molecule has 0 amide bonds. The van der Waals surface area contributed by atoms with Gasteiger partial charge in [-0.2, -0.15) is 0 Å². The first kappa shape index (κ1) is 9.88. The standard InChI is InChI=1S/C12H18O2/c13-10-6-2-1-3-7-11(14)12(10)8-4-5-9-12/h1-9H2. The molecule has 0 aromatic heterocycles. The SMILES string of the molecule is O=C1CCCCCC(=O)C12CCCC2. The van der Waals surface area contributed by atoms with E-state index in [-0.39, 0.29) is 11.6 Å². The Hall–Kier alpha value is -0.660. The summed E-state index contributed by atoms with van der Waals surface area (Å²) in [5, 5.41) is 0. The van der Waals surface area contributed by atoms with Crippen LogP contribution < -0.4 is 0 Å². The number of ketones is 2. The van der Waals surface area contributed by atoms with Crippen molar-refractivity contribution in [3.05, 3.63) is 0 Å². The summed E-state index contributed by atoms with van der Waals surface area (Å²) in [6.07, 6.45) is 8.14. The minimum Gasteiger partial charge on any atom is -0.299 e. The van der Waals surface area contributed by atoms with E-state index in [0.29, 0.717) is 12.8 Å². The summed E-state index contributed by atoms with van der Waals surface area (Å²) >= 11 is 0. The van der Waals surface area contributed by atoms with Crippen LogP contribution >= 0.6 is 0 Å². The van der Waals surface area contributed by atoms with Crippen molar-refractivity contribution in [2.24, 2.45) is 5.41 Å². The van der Waals surface area contributed by atoms with E-state index in [1.54, 1.807) is 0 Å². The van der Waals surface area contributed by atoms with Crippen LogP contribution in [-0.2, 0) is 9.59 Å². The Labute approximate surface area is 85.1 Å². The summed E-state index contributed by atoms with van der Waals surface area (Å²) in [6, 6.07) is 0. The fraction of sp³-hybridized carbons (Fsp3) is 0.833. The molecule has 0 atom stereocenters. The molecule has 0 aromatic rings. The Morgan fingerprint density at radius 2 is 1.21 bits per heavy atom. The van der Waals surface area contributed by atoms with E-state index in [0.717, 1.165) is 44.9 Å². The Balaban J connectivity index is 2.22. The van der Waals surface area contributed by atoms with Crippen LogP contribution in [-0.4, -0.2) is 11.6 Å². The molecule has 0 aromatic carbocycles. The summed E-state index contributed by atoms with van der Waals surface area (Å²) in [4.78, 5) is 24.0. The number of Topliss-reactive ketones (excluding diaryl/α,β-unsaturated/α-hetero) is 2. The monoisotopic (exact) mass is 194 g/mol. The fourth-order valence-electron chi connectivity index (χ4n) is 2.92. The van der Waals surface area contributed by atoms with Gasteiger partial charge in [0.1, 0.15) is 11.6 Å². The highest BCUT2D eigenvalue weighted by Gasteiger charge is 2.46. The quantitative estimate of drug-likeness (QED) is 0.555. The first-order valence-electron chi connectivity index (χ1n) is 5.82. The highest BCUT2D eigenvalue weighted by atomic mass is 16.2. The lowest BCUT2D eigenvalue weighted by Crippen LogP contribution is -2.37. The van der Waals surface area contributed by atoms with Crippen molar-refractivity contribution in [1.82, 2.24) is 0 Å². The molecule has 2 nitrogen and oxygen atoms in total. The van der Waals surface area contributed by atoms with Crippen LogP contribution in [0.5, 0.6) is 0 Å². The van der Waals surface area contributed by atoms with E-state index in [2.05, 4.69) is 0 Å². The molecule has 0 saturated heterocycles. The van der Waals surface area contributed by atoms with E-state index in [1.165, 1.54) is 0 Å². The predicted octanol–water partition coefficient (Wildman–Crippen LogP) is 2.65. The van der Waals surface area contributed by atoms with Crippen LogP contribution in [0.3, 0.4) is 0 Å². The molecule has 0 aliphatic heterocycles. The van der Waals surface area contributed by atoms with Gasteiger partial charge in [-0.1, -0.05) is 19.3 Å². The van der Waals surface area contributed by atoms with Gasteiger partial charge in [0.05, 0.1) is 5.41 Å². The Kier molecular flexibility index (Phi) is 2.71. The van der Waals surface area contributed by atoms with Crippen molar-refractivity contribution in [2.75, 3.05) is 0 Å². The number of carbonyl (C=O) groups is 2. The molecule has 2 aliphatic carbocycles. The zero-order valence-electron chi connectivity index (χ0n) is 8.68. The van der Waals surface area contributed by atoms with Gasteiger partial charge in [0, 0.05) is 12.8 Å². The predicted molar refractivity (Wildman–Crippen MR) is 54.0 cm³/mol. The van der Waals surface area contributed by atoms with E-state index >= 15 is 0 Å². The number of carbonyl (C=O) groups excluding carboxylic acids is 2. The molecule has 78 valence electrons. The molecule has 2 fully saturated rings.